The van der Waals surface area contributed by atoms with E-state index in [1.165, 1.54) is 5.56 Å². The van der Waals surface area contributed by atoms with Crippen LogP contribution in [-0.2, 0) is 9.53 Å². The van der Waals surface area contributed by atoms with Gasteiger partial charge in [-0.05, 0) is 51.2 Å². The number of nitrogens with zero attached hydrogens (tertiary/aromatic N) is 2. The number of likely N-dealkylation sites (tertiary alicyclic amines) is 1. The van der Waals surface area contributed by atoms with E-state index in [1.807, 2.05) is 4.90 Å². The fraction of sp³-hybridized carbons (Fsp3) is 0.650. The molecule has 5 heteroatoms. The van der Waals surface area contributed by atoms with Crippen molar-refractivity contribution >= 4 is 11.6 Å². The predicted molar refractivity (Wildman–Crippen MR) is 98.8 cm³/mol. The number of carbonyl (C=O) groups excluding carboxylic acids is 1. The molecule has 1 amide bonds. The largest absolute Gasteiger partial charge is 0.396 e. The van der Waals surface area contributed by atoms with E-state index in [0.717, 1.165) is 51.0 Å². The van der Waals surface area contributed by atoms with Gasteiger partial charge in [0.15, 0.2) is 0 Å². The van der Waals surface area contributed by atoms with Crippen LogP contribution in [0.5, 0.6) is 0 Å². The summed E-state index contributed by atoms with van der Waals surface area (Å²) in [4.78, 5) is 17.3. The first-order valence-electron chi connectivity index (χ1n) is 9.53. The topological polar surface area (TPSA) is 53.0 Å². The van der Waals surface area contributed by atoms with Gasteiger partial charge in [0, 0.05) is 38.5 Å². The van der Waals surface area contributed by atoms with Gasteiger partial charge in [-0.15, -0.1) is 0 Å². The van der Waals surface area contributed by atoms with Crippen molar-refractivity contribution in [3.8, 4) is 0 Å². The summed E-state index contributed by atoms with van der Waals surface area (Å²) < 4.78 is 5.81. The van der Waals surface area contributed by atoms with Gasteiger partial charge in [0.1, 0.15) is 0 Å². The number of piperidine rings is 2. The molecule has 3 rings (SSSR count). The summed E-state index contributed by atoms with van der Waals surface area (Å²) in [6.07, 6.45) is 4.93. The first-order valence-corrected chi connectivity index (χ1v) is 9.53. The lowest BCUT2D eigenvalue weighted by atomic mass is 9.98. The number of ether oxygens (including phenoxy) is 1. The summed E-state index contributed by atoms with van der Waals surface area (Å²) in [5.74, 6) is 0.245. The van der Waals surface area contributed by atoms with E-state index < -0.39 is 0 Å². The molecule has 0 aromatic heterocycles. The van der Waals surface area contributed by atoms with Crippen LogP contribution in [0.3, 0.4) is 0 Å². The molecule has 2 fully saturated rings. The standard InChI is InChI=1S/C20H30N2O3/c1-16-5-7-17(8-6-16)22-11-2-4-19(20(22)24)21-12-9-18(10-13-21)25-15-3-14-23/h5-8,18-19,23H,2-4,9-15H2,1H3. The summed E-state index contributed by atoms with van der Waals surface area (Å²) in [7, 11) is 0. The highest BCUT2D eigenvalue weighted by molar-refractivity contribution is 5.97. The van der Waals surface area contributed by atoms with Crippen molar-refractivity contribution in [3.63, 3.8) is 0 Å². The number of aliphatic hydroxyl groups excluding tert-OH is 1. The molecule has 2 saturated heterocycles. The average Bonchev–Trinajstić information content (AvgIpc) is 2.64. The maximum Gasteiger partial charge on any atom is 0.244 e. The highest BCUT2D eigenvalue weighted by Gasteiger charge is 2.35. The summed E-state index contributed by atoms with van der Waals surface area (Å²) >= 11 is 0. The van der Waals surface area contributed by atoms with E-state index >= 15 is 0 Å². The van der Waals surface area contributed by atoms with Crippen molar-refractivity contribution in [1.82, 2.24) is 4.90 Å². The Morgan fingerprint density at radius 2 is 1.84 bits per heavy atom. The Labute approximate surface area is 150 Å². The molecule has 2 aliphatic heterocycles. The van der Waals surface area contributed by atoms with Gasteiger partial charge < -0.3 is 14.7 Å². The van der Waals surface area contributed by atoms with Crippen molar-refractivity contribution < 1.29 is 14.6 Å². The van der Waals surface area contributed by atoms with Crippen molar-refractivity contribution in [2.75, 3.05) is 37.7 Å². The molecule has 0 spiro atoms. The van der Waals surface area contributed by atoms with E-state index in [9.17, 15) is 4.79 Å². The number of hydrogen-bond donors (Lipinski definition) is 1. The SMILES string of the molecule is Cc1ccc(N2CCCC(N3CCC(OCCCO)CC3)C2=O)cc1. The molecule has 2 aliphatic rings. The molecule has 0 saturated carbocycles. The fourth-order valence-corrected chi connectivity index (χ4v) is 3.84. The van der Waals surface area contributed by atoms with Gasteiger partial charge in [-0.3, -0.25) is 9.69 Å². The van der Waals surface area contributed by atoms with Crippen LogP contribution in [0.1, 0.15) is 37.7 Å². The van der Waals surface area contributed by atoms with Crippen LogP contribution < -0.4 is 4.90 Å². The van der Waals surface area contributed by atoms with Crippen LogP contribution in [0.15, 0.2) is 24.3 Å². The Bertz CT molecular complexity index is 553. The molecular weight excluding hydrogens is 316 g/mol. The molecule has 2 heterocycles. The maximum atomic E-state index is 13.0. The summed E-state index contributed by atoms with van der Waals surface area (Å²) in [6.45, 7) is 5.54. The number of hydrogen-bond acceptors (Lipinski definition) is 4. The molecule has 1 unspecified atom stereocenters. The van der Waals surface area contributed by atoms with Crippen LogP contribution in [-0.4, -0.2) is 60.9 Å². The second-order valence-electron chi connectivity index (χ2n) is 7.17. The third-order valence-corrected chi connectivity index (χ3v) is 5.33. The lowest BCUT2D eigenvalue weighted by Crippen LogP contribution is -2.55. The smallest absolute Gasteiger partial charge is 0.244 e. The average molecular weight is 346 g/mol. The second kappa shape index (κ2) is 8.79. The van der Waals surface area contributed by atoms with Crippen LogP contribution in [0.25, 0.3) is 0 Å². The number of rotatable bonds is 6. The molecule has 25 heavy (non-hydrogen) atoms. The Balaban J connectivity index is 1.56. The number of anilines is 1. The molecule has 1 aromatic carbocycles. The molecule has 0 bridgehead atoms. The molecule has 0 aliphatic carbocycles. The highest BCUT2D eigenvalue weighted by atomic mass is 16.5. The van der Waals surface area contributed by atoms with E-state index in [-0.39, 0.29) is 24.7 Å². The van der Waals surface area contributed by atoms with E-state index in [2.05, 4.69) is 36.1 Å². The minimum Gasteiger partial charge on any atom is -0.396 e. The van der Waals surface area contributed by atoms with Crippen molar-refractivity contribution in [2.45, 2.75) is 51.2 Å². The van der Waals surface area contributed by atoms with Gasteiger partial charge in [-0.2, -0.15) is 0 Å². The molecule has 138 valence electrons. The second-order valence-corrected chi connectivity index (χ2v) is 7.17. The number of amides is 1. The van der Waals surface area contributed by atoms with Crippen molar-refractivity contribution in [3.05, 3.63) is 29.8 Å². The summed E-state index contributed by atoms with van der Waals surface area (Å²) in [5, 5.41) is 8.84. The zero-order chi connectivity index (χ0) is 17.6. The first kappa shape index (κ1) is 18.4. The highest BCUT2D eigenvalue weighted by Crippen LogP contribution is 2.26. The molecule has 0 radical (unpaired) electrons. The van der Waals surface area contributed by atoms with Crippen LogP contribution in [0.2, 0.25) is 0 Å². The lowest BCUT2D eigenvalue weighted by molar-refractivity contribution is -0.126. The minimum absolute atomic E-state index is 0.00782. The molecule has 1 N–H and O–H groups in total. The quantitative estimate of drug-likeness (QED) is 0.804. The summed E-state index contributed by atoms with van der Waals surface area (Å²) in [6, 6.07) is 8.25. The van der Waals surface area contributed by atoms with E-state index in [4.69, 9.17) is 9.84 Å². The maximum absolute atomic E-state index is 13.0. The number of aryl methyl sites for hydroxylation is 1. The normalized spacial score (nSPS) is 23.2. The third-order valence-electron chi connectivity index (χ3n) is 5.33. The number of benzene rings is 1. The lowest BCUT2D eigenvalue weighted by Gasteiger charge is -2.41. The number of carbonyl (C=O) groups is 1. The Morgan fingerprint density at radius 1 is 1.12 bits per heavy atom. The zero-order valence-electron chi connectivity index (χ0n) is 15.2. The third kappa shape index (κ3) is 4.60. The Kier molecular flexibility index (Phi) is 6.45. The van der Waals surface area contributed by atoms with Gasteiger partial charge >= 0.3 is 0 Å². The van der Waals surface area contributed by atoms with E-state index in [0.29, 0.717) is 13.0 Å². The van der Waals surface area contributed by atoms with Crippen LogP contribution in [0, 0.1) is 6.92 Å². The predicted octanol–water partition coefficient (Wildman–Crippen LogP) is 2.35. The Hall–Kier alpha value is -1.43. The van der Waals surface area contributed by atoms with Gasteiger partial charge in [-0.1, -0.05) is 17.7 Å². The van der Waals surface area contributed by atoms with Gasteiger partial charge in [-0.25, -0.2) is 0 Å². The van der Waals surface area contributed by atoms with Crippen LogP contribution >= 0.6 is 0 Å². The van der Waals surface area contributed by atoms with Gasteiger partial charge in [0.25, 0.3) is 0 Å². The van der Waals surface area contributed by atoms with E-state index in [1.54, 1.807) is 0 Å². The summed E-state index contributed by atoms with van der Waals surface area (Å²) in [5.41, 5.74) is 2.23. The molecular formula is C20H30N2O3. The zero-order valence-corrected chi connectivity index (χ0v) is 15.2. The Morgan fingerprint density at radius 3 is 2.52 bits per heavy atom. The van der Waals surface area contributed by atoms with Crippen LogP contribution in [0.4, 0.5) is 5.69 Å². The molecule has 1 aromatic rings. The van der Waals surface area contributed by atoms with Crippen molar-refractivity contribution in [2.24, 2.45) is 0 Å². The number of aliphatic hydroxyl groups is 1. The molecule has 1 atom stereocenters. The van der Waals surface area contributed by atoms with Crippen molar-refractivity contribution in [1.29, 1.82) is 0 Å². The van der Waals surface area contributed by atoms with Gasteiger partial charge in [0.2, 0.25) is 5.91 Å². The minimum atomic E-state index is 0.00782. The monoisotopic (exact) mass is 346 g/mol. The molecule has 5 nitrogen and oxygen atoms in total. The van der Waals surface area contributed by atoms with Gasteiger partial charge in [0.05, 0.1) is 12.1 Å². The first-order chi connectivity index (χ1) is 12.2. The fourth-order valence-electron chi connectivity index (χ4n) is 3.84.